The molecule has 1 N–H and O–H groups in total. The molecule has 0 bridgehead atoms. The molecular formula is C10H19NO. The van der Waals surface area contributed by atoms with Crippen molar-refractivity contribution in [3.63, 3.8) is 0 Å². The highest BCUT2D eigenvalue weighted by Gasteiger charge is 2.38. The Labute approximate surface area is 74.6 Å². The standard InChI is InChI=1S/C10H19NO/c1-8(7-12)11-6-5-9-3-2-4-10(9)11/h8-10,12H,2-7H2,1H3. The SMILES string of the molecule is CC(CO)N1CCC2CCCC21. The Morgan fingerprint density at radius 3 is 3.00 bits per heavy atom. The van der Waals surface area contributed by atoms with E-state index in [1.54, 1.807) is 0 Å². The van der Waals surface area contributed by atoms with Gasteiger partial charge >= 0.3 is 0 Å². The Morgan fingerprint density at radius 1 is 1.42 bits per heavy atom. The average molecular weight is 169 g/mol. The molecule has 0 aromatic rings. The van der Waals surface area contributed by atoms with Crippen molar-refractivity contribution in [2.75, 3.05) is 13.2 Å². The Balaban J connectivity index is 1.99. The predicted molar refractivity (Wildman–Crippen MR) is 49.0 cm³/mol. The third-order valence-corrected chi connectivity index (χ3v) is 3.63. The van der Waals surface area contributed by atoms with Crippen LogP contribution in [0.4, 0.5) is 0 Å². The molecule has 0 aromatic carbocycles. The van der Waals surface area contributed by atoms with E-state index in [-0.39, 0.29) is 0 Å². The van der Waals surface area contributed by atoms with Gasteiger partial charge in [-0.1, -0.05) is 6.42 Å². The van der Waals surface area contributed by atoms with Crippen molar-refractivity contribution in [2.24, 2.45) is 5.92 Å². The molecule has 1 aliphatic heterocycles. The van der Waals surface area contributed by atoms with Gasteiger partial charge in [0, 0.05) is 12.1 Å². The number of aliphatic hydroxyl groups excluding tert-OH is 1. The number of hydrogen-bond acceptors (Lipinski definition) is 2. The van der Waals surface area contributed by atoms with Crippen LogP contribution in [0.15, 0.2) is 0 Å². The zero-order valence-corrected chi connectivity index (χ0v) is 7.87. The Hall–Kier alpha value is -0.0800. The van der Waals surface area contributed by atoms with Crippen molar-refractivity contribution in [1.29, 1.82) is 0 Å². The first kappa shape index (κ1) is 8.52. The summed E-state index contributed by atoms with van der Waals surface area (Å²) in [4.78, 5) is 2.51. The molecule has 2 fully saturated rings. The maximum atomic E-state index is 9.07. The minimum Gasteiger partial charge on any atom is -0.395 e. The highest BCUT2D eigenvalue weighted by molar-refractivity contribution is 4.93. The van der Waals surface area contributed by atoms with Crippen LogP contribution in [-0.4, -0.2) is 35.2 Å². The van der Waals surface area contributed by atoms with E-state index in [4.69, 9.17) is 5.11 Å². The lowest BCUT2D eigenvalue weighted by Crippen LogP contribution is -2.39. The van der Waals surface area contributed by atoms with Crippen molar-refractivity contribution in [3.05, 3.63) is 0 Å². The summed E-state index contributed by atoms with van der Waals surface area (Å²) in [5.74, 6) is 0.957. The second-order valence-corrected chi connectivity index (χ2v) is 4.32. The van der Waals surface area contributed by atoms with E-state index in [1.165, 1.54) is 32.2 Å². The van der Waals surface area contributed by atoms with E-state index < -0.39 is 0 Å². The molecule has 70 valence electrons. The van der Waals surface area contributed by atoms with Crippen LogP contribution in [0.25, 0.3) is 0 Å². The number of fused-ring (bicyclic) bond motifs is 1. The van der Waals surface area contributed by atoms with Gasteiger partial charge in [0.2, 0.25) is 0 Å². The number of hydrogen-bond donors (Lipinski definition) is 1. The van der Waals surface area contributed by atoms with Gasteiger partial charge in [0.25, 0.3) is 0 Å². The zero-order chi connectivity index (χ0) is 8.55. The molecular weight excluding hydrogens is 150 g/mol. The first-order chi connectivity index (χ1) is 5.83. The Bertz CT molecular complexity index is 160. The lowest BCUT2D eigenvalue weighted by molar-refractivity contribution is 0.119. The van der Waals surface area contributed by atoms with Gasteiger partial charge in [-0.25, -0.2) is 0 Å². The summed E-state index contributed by atoms with van der Waals surface area (Å²) in [7, 11) is 0. The summed E-state index contributed by atoms with van der Waals surface area (Å²) in [6.45, 7) is 3.68. The highest BCUT2D eigenvalue weighted by atomic mass is 16.3. The van der Waals surface area contributed by atoms with Crippen molar-refractivity contribution in [2.45, 2.75) is 44.7 Å². The summed E-state index contributed by atoms with van der Waals surface area (Å²) < 4.78 is 0. The number of nitrogens with zero attached hydrogens (tertiary/aromatic N) is 1. The van der Waals surface area contributed by atoms with Crippen LogP contribution in [0.1, 0.15) is 32.6 Å². The maximum absolute atomic E-state index is 9.07. The smallest absolute Gasteiger partial charge is 0.0584 e. The van der Waals surface area contributed by atoms with Gasteiger partial charge in [0.15, 0.2) is 0 Å². The van der Waals surface area contributed by atoms with Gasteiger partial charge in [-0.2, -0.15) is 0 Å². The molecule has 2 heteroatoms. The van der Waals surface area contributed by atoms with Crippen molar-refractivity contribution < 1.29 is 5.11 Å². The fourth-order valence-corrected chi connectivity index (χ4v) is 2.92. The number of aliphatic hydroxyl groups is 1. The van der Waals surface area contributed by atoms with Gasteiger partial charge in [-0.3, -0.25) is 4.90 Å². The number of likely N-dealkylation sites (tertiary alicyclic amines) is 1. The lowest BCUT2D eigenvalue weighted by atomic mass is 10.0. The largest absolute Gasteiger partial charge is 0.395 e. The molecule has 2 rings (SSSR count). The second-order valence-electron chi connectivity index (χ2n) is 4.32. The van der Waals surface area contributed by atoms with E-state index in [0.29, 0.717) is 12.6 Å². The first-order valence-electron chi connectivity index (χ1n) is 5.19. The monoisotopic (exact) mass is 169 g/mol. The third kappa shape index (κ3) is 1.27. The fourth-order valence-electron chi connectivity index (χ4n) is 2.92. The molecule has 1 saturated heterocycles. The van der Waals surface area contributed by atoms with Crippen LogP contribution < -0.4 is 0 Å². The quantitative estimate of drug-likeness (QED) is 0.672. The van der Waals surface area contributed by atoms with Crippen LogP contribution in [0.5, 0.6) is 0 Å². The van der Waals surface area contributed by atoms with Gasteiger partial charge < -0.3 is 5.11 Å². The first-order valence-corrected chi connectivity index (χ1v) is 5.19. The molecule has 3 atom stereocenters. The summed E-state index contributed by atoms with van der Waals surface area (Å²) in [5, 5.41) is 9.07. The van der Waals surface area contributed by atoms with Gasteiger partial charge in [-0.05, 0) is 38.6 Å². The van der Waals surface area contributed by atoms with E-state index in [0.717, 1.165) is 12.0 Å². The normalized spacial score (nSPS) is 38.5. The molecule has 0 aromatic heterocycles. The molecule has 0 amide bonds. The maximum Gasteiger partial charge on any atom is 0.0584 e. The molecule has 2 aliphatic rings. The Morgan fingerprint density at radius 2 is 2.25 bits per heavy atom. The van der Waals surface area contributed by atoms with Gasteiger partial charge in [0.05, 0.1) is 6.61 Å². The van der Waals surface area contributed by atoms with Crippen LogP contribution in [0.2, 0.25) is 0 Å². The van der Waals surface area contributed by atoms with Crippen LogP contribution in [0, 0.1) is 5.92 Å². The van der Waals surface area contributed by atoms with E-state index in [9.17, 15) is 0 Å². The molecule has 3 unspecified atom stereocenters. The highest BCUT2D eigenvalue weighted by Crippen LogP contribution is 2.38. The van der Waals surface area contributed by atoms with Crippen LogP contribution >= 0.6 is 0 Å². The van der Waals surface area contributed by atoms with E-state index in [1.807, 2.05) is 0 Å². The molecule has 0 radical (unpaired) electrons. The van der Waals surface area contributed by atoms with Crippen LogP contribution in [0.3, 0.4) is 0 Å². The van der Waals surface area contributed by atoms with Gasteiger partial charge in [-0.15, -0.1) is 0 Å². The predicted octanol–water partition coefficient (Wildman–Crippen LogP) is 1.24. The Kier molecular flexibility index (Phi) is 2.37. The minimum atomic E-state index is 0.323. The van der Waals surface area contributed by atoms with E-state index in [2.05, 4.69) is 11.8 Å². The van der Waals surface area contributed by atoms with Gasteiger partial charge in [0.1, 0.15) is 0 Å². The summed E-state index contributed by atoms with van der Waals surface area (Å²) >= 11 is 0. The average Bonchev–Trinajstić information content (AvgIpc) is 2.62. The molecule has 1 aliphatic carbocycles. The fraction of sp³-hybridized carbons (Fsp3) is 1.00. The van der Waals surface area contributed by atoms with Crippen molar-refractivity contribution >= 4 is 0 Å². The third-order valence-electron chi connectivity index (χ3n) is 3.63. The van der Waals surface area contributed by atoms with Crippen LogP contribution in [-0.2, 0) is 0 Å². The zero-order valence-electron chi connectivity index (χ0n) is 7.87. The van der Waals surface area contributed by atoms with Crippen molar-refractivity contribution in [1.82, 2.24) is 4.90 Å². The van der Waals surface area contributed by atoms with Crippen molar-refractivity contribution in [3.8, 4) is 0 Å². The summed E-state index contributed by atoms with van der Waals surface area (Å²) in [6.07, 6.45) is 5.58. The second kappa shape index (κ2) is 3.35. The molecule has 2 nitrogen and oxygen atoms in total. The molecule has 0 spiro atoms. The van der Waals surface area contributed by atoms with E-state index >= 15 is 0 Å². The molecule has 1 saturated carbocycles. The topological polar surface area (TPSA) is 23.5 Å². The number of rotatable bonds is 2. The molecule has 12 heavy (non-hydrogen) atoms. The summed E-state index contributed by atoms with van der Waals surface area (Å²) in [5.41, 5.74) is 0. The summed E-state index contributed by atoms with van der Waals surface area (Å²) in [6, 6.07) is 1.20. The molecule has 1 heterocycles. The minimum absolute atomic E-state index is 0.323. The lowest BCUT2D eigenvalue weighted by Gasteiger charge is -2.28.